The standard InChI is InChI=1S/C24H29NO3/c1-6-7-19-12-16(2)22(17(3)13-19)23-20(27)14-24(15-21(23)28-5)8-10-25(11-9-24)18(4)26/h12-13H,8-11,14-15H2,1-5H3. The molecular weight excluding hydrogens is 350 g/mol. The van der Waals surface area contributed by atoms with E-state index in [-0.39, 0.29) is 17.1 Å². The maximum absolute atomic E-state index is 13.3. The van der Waals surface area contributed by atoms with Crippen molar-refractivity contribution in [3.63, 3.8) is 0 Å². The van der Waals surface area contributed by atoms with Crippen LogP contribution in [0.1, 0.15) is 61.8 Å². The number of aryl methyl sites for hydroxylation is 2. The van der Waals surface area contributed by atoms with E-state index in [0.29, 0.717) is 6.42 Å². The lowest BCUT2D eigenvalue weighted by molar-refractivity contribution is -0.131. The van der Waals surface area contributed by atoms with Crippen LogP contribution >= 0.6 is 0 Å². The predicted octanol–water partition coefficient (Wildman–Crippen LogP) is 4.02. The number of ether oxygens (including phenoxy) is 1. The summed E-state index contributed by atoms with van der Waals surface area (Å²) in [5.41, 5.74) is 4.70. The molecule has 4 nitrogen and oxygen atoms in total. The quantitative estimate of drug-likeness (QED) is 0.729. The largest absolute Gasteiger partial charge is 0.500 e. The van der Waals surface area contributed by atoms with Crippen LogP contribution in [0.15, 0.2) is 17.9 Å². The maximum atomic E-state index is 13.3. The summed E-state index contributed by atoms with van der Waals surface area (Å²) in [5, 5.41) is 0. The second kappa shape index (κ2) is 7.83. The number of carbonyl (C=O) groups is 2. The summed E-state index contributed by atoms with van der Waals surface area (Å²) in [5.74, 6) is 7.09. The van der Waals surface area contributed by atoms with E-state index in [1.54, 1.807) is 14.0 Å². The molecule has 0 radical (unpaired) electrons. The summed E-state index contributed by atoms with van der Waals surface area (Å²) >= 11 is 0. The number of ketones is 1. The van der Waals surface area contributed by atoms with Gasteiger partial charge in [0.25, 0.3) is 0 Å². The zero-order valence-corrected chi connectivity index (χ0v) is 17.6. The van der Waals surface area contributed by atoms with Crippen LogP contribution < -0.4 is 0 Å². The Balaban J connectivity index is 1.98. The van der Waals surface area contributed by atoms with Crippen LogP contribution in [0.3, 0.4) is 0 Å². The van der Waals surface area contributed by atoms with Gasteiger partial charge in [-0.1, -0.05) is 5.92 Å². The van der Waals surface area contributed by atoms with Crippen molar-refractivity contribution in [2.45, 2.75) is 53.4 Å². The number of likely N-dealkylation sites (tertiary alicyclic amines) is 1. The molecule has 1 aromatic rings. The first-order chi connectivity index (χ1) is 13.3. The summed E-state index contributed by atoms with van der Waals surface area (Å²) in [6.45, 7) is 8.94. The summed E-state index contributed by atoms with van der Waals surface area (Å²) in [4.78, 5) is 26.9. The van der Waals surface area contributed by atoms with E-state index < -0.39 is 0 Å². The third-order valence-electron chi connectivity index (χ3n) is 6.20. The summed E-state index contributed by atoms with van der Waals surface area (Å²) < 4.78 is 5.77. The molecule has 1 aliphatic heterocycles. The predicted molar refractivity (Wildman–Crippen MR) is 111 cm³/mol. The molecular formula is C24H29NO3. The van der Waals surface area contributed by atoms with Crippen LogP contribution in [-0.4, -0.2) is 36.8 Å². The number of methoxy groups -OCH3 is 1. The smallest absolute Gasteiger partial charge is 0.219 e. The fourth-order valence-corrected chi connectivity index (χ4v) is 4.75. The lowest BCUT2D eigenvalue weighted by Crippen LogP contribution is -2.44. The number of rotatable bonds is 2. The third-order valence-corrected chi connectivity index (χ3v) is 6.20. The minimum Gasteiger partial charge on any atom is -0.500 e. The van der Waals surface area contributed by atoms with E-state index in [1.807, 2.05) is 37.8 Å². The Labute approximate surface area is 167 Å². The lowest BCUT2D eigenvalue weighted by Gasteiger charge is -2.44. The highest BCUT2D eigenvalue weighted by atomic mass is 16.5. The van der Waals surface area contributed by atoms with Crippen molar-refractivity contribution < 1.29 is 14.3 Å². The van der Waals surface area contributed by atoms with Gasteiger partial charge < -0.3 is 9.64 Å². The van der Waals surface area contributed by atoms with Gasteiger partial charge in [0.2, 0.25) is 5.91 Å². The van der Waals surface area contributed by atoms with E-state index in [1.165, 1.54) is 0 Å². The Morgan fingerprint density at radius 1 is 1.14 bits per heavy atom. The molecule has 2 aliphatic rings. The molecule has 1 aromatic carbocycles. The topological polar surface area (TPSA) is 46.6 Å². The molecule has 1 saturated heterocycles. The molecule has 1 heterocycles. The number of nitrogens with zero attached hydrogens (tertiary/aromatic N) is 1. The molecule has 1 amide bonds. The van der Waals surface area contributed by atoms with Crippen molar-refractivity contribution in [2.75, 3.05) is 20.2 Å². The molecule has 28 heavy (non-hydrogen) atoms. The molecule has 1 spiro atoms. The van der Waals surface area contributed by atoms with Crippen molar-refractivity contribution in [3.05, 3.63) is 40.1 Å². The van der Waals surface area contributed by atoms with E-state index >= 15 is 0 Å². The Bertz CT molecular complexity index is 883. The minimum absolute atomic E-state index is 0.0900. The third kappa shape index (κ3) is 3.71. The first kappa shape index (κ1) is 20.2. The van der Waals surface area contributed by atoms with Crippen LogP contribution in [0.2, 0.25) is 0 Å². The molecule has 0 bridgehead atoms. The van der Waals surface area contributed by atoms with Gasteiger partial charge in [-0.05, 0) is 67.9 Å². The summed E-state index contributed by atoms with van der Waals surface area (Å²) in [7, 11) is 1.66. The molecule has 0 atom stereocenters. The van der Waals surface area contributed by atoms with Crippen molar-refractivity contribution in [3.8, 4) is 11.8 Å². The molecule has 3 rings (SSSR count). The number of hydrogen-bond acceptors (Lipinski definition) is 3. The molecule has 0 aromatic heterocycles. The number of allylic oxidation sites excluding steroid dienone is 2. The van der Waals surface area contributed by atoms with Gasteiger partial charge >= 0.3 is 0 Å². The number of piperidine rings is 1. The first-order valence-corrected chi connectivity index (χ1v) is 9.90. The van der Waals surface area contributed by atoms with Gasteiger partial charge in [-0.25, -0.2) is 0 Å². The van der Waals surface area contributed by atoms with E-state index in [2.05, 4.69) is 11.8 Å². The van der Waals surface area contributed by atoms with E-state index in [9.17, 15) is 9.59 Å². The number of carbonyl (C=O) groups excluding carboxylic acids is 2. The highest BCUT2D eigenvalue weighted by molar-refractivity contribution is 6.23. The van der Waals surface area contributed by atoms with Gasteiger partial charge in [0, 0.05) is 38.4 Å². The van der Waals surface area contributed by atoms with Crippen LogP contribution in [0.5, 0.6) is 0 Å². The SMILES string of the molecule is CC#Cc1cc(C)c(C2=C(OC)CC3(CCN(C(C)=O)CC3)CC2=O)c(C)c1. The fourth-order valence-electron chi connectivity index (χ4n) is 4.75. The molecule has 148 valence electrons. The van der Waals surface area contributed by atoms with Crippen molar-refractivity contribution in [2.24, 2.45) is 5.41 Å². The Morgan fingerprint density at radius 2 is 1.75 bits per heavy atom. The van der Waals surface area contributed by atoms with Crippen molar-refractivity contribution in [1.29, 1.82) is 0 Å². The van der Waals surface area contributed by atoms with Crippen molar-refractivity contribution in [1.82, 2.24) is 4.90 Å². The monoisotopic (exact) mass is 379 g/mol. The molecule has 4 heteroatoms. The van der Waals surface area contributed by atoms with Crippen LogP contribution in [-0.2, 0) is 14.3 Å². The zero-order valence-electron chi connectivity index (χ0n) is 17.6. The number of benzene rings is 1. The van der Waals surface area contributed by atoms with Gasteiger partial charge in [-0.2, -0.15) is 0 Å². The maximum Gasteiger partial charge on any atom is 0.219 e. The molecule has 0 unspecified atom stereocenters. The average Bonchev–Trinajstić information content (AvgIpc) is 2.63. The van der Waals surface area contributed by atoms with Gasteiger partial charge in [0.1, 0.15) is 5.76 Å². The minimum atomic E-state index is -0.0900. The van der Waals surface area contributed by atoms with Crippen LogP contribution in [0, 0.1) is 31.1 Å². The molecule has 1 fully saturated rings. The van der Waals surface area contributed by atoms with Crippen LogP contribution in [0.4, 0.5) is 0 Å². The summed E-state index contributed by atoms with van der Waals surface area (Å²) in [6.07, 6.45) is 2.98. The first-order valence-electron chi connectivity index (χ1n) is 9.90. The number of amides is 1. The Kier molecular flexibility index (Phi) is 5.65. The Morgan fingerprint density at radius 3 is 2.25 bits per heavy atom. The normalized spacial score (nSPS) is 18.8. The van der Waals surface area contributed by atoms with Gasteiger partial charge in [0.15, 0.2) is 5.78 Å². The van der Waals surface area contributed by atoms with Gasteiger partial charge in [0.05, 0.1) is 12.7 Å². The Hall–Kier alpha value is -2.54. The zero-order chi connectivity index (χ0) is 20.5. The van der Waals surface area contributed by atoms with Crippen molar-refractivity contribution >= 4 is 17.3 Å². The van der Waals surface area contributed by atoms with Crippen LogP contribution in [0.25, 0.3) is 5.57 Å². The van der Waals surface area contributed by atoms with Gasteiger partial charge in [-0.15, -0.1) is 5.92 Å². The highest BCUT2D eigenvalue weighted by Gasteiger charge is 2.43. The lowest BCUT2D eigenvalue weighted by atomic mass is 9.66. The average molecular weight is 380 g/mol. The second-order valence-corrected chi connectivity index (χ2v) is 8.15. The number of hydrogen-bond donors (Lipinski definition) is 0. The van der Waals surface area contributed by atoms with E-state index in [0.717, 1.165) is 65.9 Å². The number of Topliss-reactive ketones (excluding diaryl/α,β-unsaturated/α-hetero) is 1. The van der Waals surface area contributed by atoms with Gasteiger partial charge in [-0.3, -0.25) is 9.59 Å². The highest BCUT2D eigenvalue weighted by Crippen LogP contribution is 2.48. The molecule has 1 aliphatic carbocycles. The summed E-state index contributed by atoms with van der Waals surface area (Å²) in [6, 6.07) is 4.09. The fraction of sp³-hybridized carbons (Fsp3) is 0.500. The van der Waals surface area contributed by atoms with E-state index in [4.69, 9.17) is 4.74 Å². The second-order valence-electron chi connectivity index (χ2n) is 8.15. The molecule has 0 N–H and O–H groups in total. The molecule has 0 saturated carbocycles.